The Morgan fingerprint density at radius 1 is 1.44 bits per heavy atom. The Bertz CT molecular complexity index is 445. The molecule has 0 spiro atoms. The molecule has 4 nitrogen and oxygen atoms in total. The van der Waals surface area contributed by atoms with Gasteiger partial charge in [0, 0.05) is 19.7 Å². The average Bonchev–Trinajstić information content (AvgIpc) is 2.85. The zero-order chi connectivity index (χ0) is 13.4. The summed E-state index contributed by atoms with van der Waals surface area (Å²) in [6.07, 6.45) is 0.585. The van der Waals surface area contributed by atoms with Gasteiger partial charge in [0.15, 0.2) is 0 Å². The van der Waals surface area contributed by atoms with Gasteiger partial charge in [0.1, 0.15) is 6.61 Å². The highest BCUT2D eigenvalue weighted by Crippen LogP contribution is 2.17. The molecule has 0 aliphatic rings. The summed E-state index contributed by atoms with van der Waals surface area (Å²) in [5, 5.41) is 17.4. The molecular weight excluding hydrogens is 250 g/mol. The number of amides is 1. The molecule has 1 amide bonds. The Balaban J connectivity index is 2.72. The van der Waals surface area contributed by atoms with Crippen LogP contribution in [0.25, 0.3) is 0 Å². The van der Waals surface area contributed by atoms with E-state index in [0.717, 1.165) is 4.88 Å². The third kappa shape index (κ3) is 4.15. The van der Waals surface area contributed by atoms with Crippen molar-refractivity contribution in [1.29, 1.82) is 0 Å². The molecule has 1 heterocycles. The lowest BCUT2D eigenvalue weighted by Gasteiger charge is -2.19. The largest absolute Gasteiger partial charge is 0.396 e. The first-order valence-corrected chi connectivity index (χ1v) is 6.64. The summed E-state index contributed by atoms with van der Waals surface area (Å²) in [5.41, 5.74) is 0. The standard InChI is InChI=1S/C13H17NO3S/c1-2-14(8-4-10-16)13(17)12-7-6-11(18-12)5-3-9-15/h6-7,15-16H,2,4,8-10H2,1H3. The Labute approximate surface area is 111 Å². The fourth-order valence-electron chi connectivity index (χ4n) is 1.47. The van der Waals surface area contributed by atoms with Crippen LogP contribution in [0.4, 0.5) is 0 Å². The lowest BCUT2D eigenvalue weighted by molar-refractivity contribution is 0.0759. The SMILES string of the molecule is CCN(CCCO)C(=O)c1ccc(C#CCO)s1. The number of hydrogen-bond donors (Lipinski definition) is 2. The van der Waals surface area contributed by atoms with Crippen LogP contribution in [-0.2, 0) is 0 Å². The zero-order valence-corrected chi connectivity index (χ0v) is 11.2. The van der Waals surface area contributed by atoms with Crippen LogP contribution in [0.15, 0.2) is 12.1 Å². The first-order valence-electron chi connectivity index (χ1n) is 5.82. The predicted molar refractivity (Wildman–Crippen MR) is 71.6 cm³/mol. The van der Waals surface area contributed by atoms with Gasteiger partial charge in [0.2, 0.25) is 0 Å². The van der Waals surface area contributed by atoms with Gasteiger partial charge < -0.3 is 15.1 Å². The highest BCUT2D eigenvalue weighted by molar-refractivity contribution is 7.14. The Kier molecular flexibility index (Phi) is 6.44. The maximum Gasteiger partial charge on any atom is 0.263 e. The number of hydrogen-bond acceptors (Lipinski definition) is 4. The Morgan fingerprint density at radius 3 is 2.83 bits per heavy atom. The number of carbonyl (C=O) groups excluding carboxylic acids is 1. The molecule has 0 aliphatic heterocycles. The van der Waals surface area contributed by atoms with Gasteiger partial charge in [-0.2, -0.15) is 0 Å². The summed E-state index contributed by atoms with van der Waals surface area (Å²) in [5.74, 6) is 5.30. The van der Waals surface area contributed by atoms with E-state index >= 15 is 0 Å². The fourth-order valence-corrected chi connectivity index (χ4v) is 2.32. The second-order valence-corrected chi connectivity index (χ2v) is 4.67. The smallest absolute Gasteiger partial charge is 0.263 e. The van der Waals surface area contributed by atoms with Crippen LogP contribution in [0.5, 0.6) is 0 Å². The van der Waals surface area contributed by atoms with E-state index in [0.29, 0.717) is 24.4 Å². The molecule has 0 radical (unpaired) electrons. The third-order valence-electron chi connectivity index (χ3n) is 2.36. The van der Waals surface area contributed by atoms with Crippen molar-refractivity contribution in [3.63, 3.8) is 0 Å². The fraction of sp³-hybridized carbons (Fsp3) is 0.462. The van der Waals surface area contributed by atoms with Crippen molar-refractivity contribution in [3.8, 4) is 11.8 Å². The van der Waals surface area contributed by atoms with Crippen LogP contribution in [0.1, 0.15) is 27.9 Å². The van der Waals surface area contributed by atoms with E-state index in [-0.39, 0.29) is 19.1 Å². The second kappa shape index (κ2) is 7.88. The second-order valence-electron chi connectivity index (χ2n) is 3.59. The van der Waals surface area contributed by atoms with Crippen LogP contribution in [-0.4, -0.2) is 47.3 Å². The Hall–Kier alpha value is -1.35. The molecule has 0 bridgehead atoms. The molecule has 0 unspecified atom stereocenters. The van der Waals surface area contributed by atoms with E-state index in [4.69, 9.17) is 10.2 Å². The summed E-state index contributed by atoms with van der Waals surface area (Å²) in [6.45, 7) is 2.99. The van der Waals surface area contributed by atoms with Gasteiger partial charge in [-0.05, 0) is 25.5 Å². The van der Waals surface area contributed by atoms with Gasteiger partial charge >= 0.3 is 0 Å². The molecule has 0 saturated heterocycles. The maximum absolute atomic E-state index is 12.1. The van der Waals surface area contributed by atoms with E-state index in [2.05, 4.69) is 11.8 Å². The molecule has 1 rings (SSSR count). The molecule has 0 saturated carbocycles. The number of nitrogens with zero attached hydrogens (tertiary/aromatic N) is 1. The molecule has 1 aromatic heterocycles. The monoisotopic (exact) mass is 267 g/mol. The molecule has 0 aromatic carbocycles. The Morgan fingerprint density at radius 2 is 2.22 bits per heavy atom. The number of thiophene rings is 1. The van der Waals surface area contributed by atoms with Gasteiger partial charge in [0.25, 0.3) is 5.91 Å². The topological polar surface area (TPSA) is 60.8 Å². The summed E-state index contributed by atoms with van der Waals surface area (Å²) in [4.78, 5) is 15.2. The van der Waals surface area contributed by atoms with Gasteiger partial charge in [0.05, 0.1) is 9.75 Å². The summed E-state index contributed by atoms with van der Waals surface area (Å²) < 4.78 is 0. The minimum absolute atomic E-state index is 0.0343. The van der Waals surface area contributed by atoms with Gasteiger partial charge in [-0.1, -0.05) is 11.8 Å². The molecule has 5 heteroatoms. The van der Waals surface area contributed by atoms with Gasteiger partial charge in [-0.25, -0.2) is 0 Å². The van der Waals surface area contributed by atoms with Crippen LogP contribution < -0.4 is 0 Å². The minimum Gasteiger partial charge on any atom is -0.396 e. The average molecular weight is 267 g/mol. The third-order valence-corrected chi connectivity index (χ3v) is 3.35. The van der Waals surface area contributed by atoms with E-state index < -0.39 is 0 Å². The van der Waals surface area contributed by atoms with Crippen molar-refractivity contribution in [2.45, 2.75) is 13.3 Å². The zero-order valence-electron chi connectivity index (χ0n) is 10.3. The van der Waals surface area contributed by atoms with E-state index in [1.807, 2.05) is 6.92 Å². The minimum atomic E-state index is -0.182. The first kappa shape index (κ1) is 14.7. The van der Waals surface area contributed by atoms with Crippen LogP contribution in [0.2, 0.25) is 0 Å². The highest BCUT2D eigenvalue weighted by Gasteiger charge is 2.15. The number of aliphatic hydroxyl groups excluding tert-OH is 2. The number of rotatable bonds is 5. The van der Waals surface area contributed by atoms with Crippen molar-refractivity contribution in [3.05, 3.63) is 21.9 Å². The summed E-state index contributed by atoms with van der Waals surface area (Å²) >= 11 is 1.32. The quantitative estimate of drug-likeness (QED) is 0.780. The summed E-state index contributed by atoms with van der Waals surface area (Å²) in [6, 6.07) is 3.52. The van der Waals surface area contributed by atoms with Crippen molar-refractivity contribution in [2.24, 2.45) is 0 Å². The molecule has 0 aliphatic carbocycles. The van der Waals surface area contributed by atoms with Crippen molar-refractivity contribution < 1.29 is 15.0 Å². The van der Waals surface area contributed by atoms with Gasteiger partial charge in [-0.3, -0.25) is 4.79 Å². The van der Waals surface area contributed by atoms with Crippen molar-refractivity contribution in [2.75, 3.05) is 26.3 Å². The first-order chi connectivity index (χ1) is 8.72. The number of carbonyl (C=O) groups is 1. The van der Waals surface area contributed by atoms with Crippen molar-refractivity contribution in [1.82, 2.24) is 4.90 Å². The van der Waals surface area contributed by atoms with Gasteiger partial charge in [-0.15, -0.1) is 11.3 Å². The summed E-state index contributed by atoms with van der Waals surface area (Å²) in [7, 11) is 0. The van der Waals surface area contributed by atoms with Crippen molar-refractivity contribution >= 4 is 17.2 Å². The van der Waals surface area contributed by atoms with Crippen LogP contribution >= 0.6 is 11.3 Å². The lowest BCUT2D eigenvalue weighted by atomic mass is 10.3. The molecule has 18 heavy (non-hydrogen) atoms. The molecule has 0 atom stereocenters. The van der Waals surface area contributed by atoms with Crippen LogP contribution in [0.3, 0.4) is 0 Å². The molecular formula is C13H17NO3S. The van der Waals surface area contributed by atoms with E-state index in [1.165, 1.54) is 11.3 Å². The molecule has 0 fully saturated rings. The molecule has 2 N–H and O–H groups in total. The van der Waals surface area contributed by atoms with E-state index in [9.17, 15) is 4.79 Å². The lowest BCUT2D eigenvalue weighted by Crippen LogP contribution is -2.31. The van der Waals surface area contributed by atoms with E-state index in [1.54, 1.807) is 17.0 Å². The van der Waals surface area contributed by atoms with Crippen LogP contribution in [0, 0.1) is 11.8 Å². The molecule has 98 valence electrons. The predicted octanol–water partition coefficient (Wildman–Crippen LogP) is 0.936. The highest BCUT2D eigenvalue weighted by atomic mass is 32.1. The molecule has 1 aromatic rings. The normalized spacial score (nSPS) is 9.72. The number of aliphatic hydroxyl groups is 2. The maximum atomic E-state index is 12.1.